The number of fused-ring (bicyclic) bond motifs is 3. The van der Waals surface area contributed by atoms with Gasteiger partial charge in [-0.05, 0) is 69.2 Å². The van der Waals surface area contributed by atoms with Crippen LogP contribution < -0.4 is 5.32 Å². The Balaban J connectivity index is 1.33. The van der Waals surface area contributed by atoms with Gasteiger partial charge in [-0.2, -0.15) is 18.3 Å². The SMILES string of the molecule is CCCCCCC(=O)N[C@@]12C[C@@]13CCC1=Cc4c(cnn4-c4ccc(C)cc4)C[C@]1(C)C3=CC[C@H]2C(F)(F)F. The van der Waals surface area contributed by atoms with Gasteiger partial charge in [0.25, 0.3) is 0 Å². The lowest BCUT2D eigenvalue weighted by molar-refractivity contribution is -0.190. The Hall–Kier alpha value is -2.83. The van der Waals surface area contributed by atoms with Gasteiger partial charge in [0.05, 0.1) is 29.0 Å². The number of halogens is 3. The summed E-state index contributed by atoms with van der Waals surface area (Å²) in [5, 5.41) is 7.72. The number of carbonyl (C=O) groups excluding carboxylic acids is 1. The number of nitrogens with zero attached hydrogens (tertiary/aromatic N) is 2. The molecule has 1 heterocycles. The smallest absolute Gasteiger partial charge is 0.349 e. The second-order valence-electron chi connectivity index (χ2n) is 12.5. The zero-order valence-corrected chi connectivity index (χ0v) is 23.1. The first-order valence-corrected chi connectivity index (χ1v) is 14.5. The highest BCUT2D eigenvalue weighted by Crippen LogP contribution is 2.77. The number of amides is 1. The summed E-state index contributed by atoms with van der Waals surface area (Å²) in [6, 6.07) is 8.27. The fourth-order valence-electron chi connectivity index (χ4n) is 8.10. The summed E-state index contributed by atoms with van der Waals surface area (Å²) in [4.78, 5) is 13.0. The summed E-state index contributed by atoms with van der Waals surface area (Å²) in [6.45, 7) is 6.36. The van der Waals surface area contributed by atoms with Crippen molar-refractivity contribution in [3.63, 3.8) is 0 Å². The molecular formula is C32H38F3N3O. The molecule has 2 saturated carbocycles. The molecule has 0 aliphatic heterocycles. The zero-order chi connectivity index (χ0) is 27.6. The van der Waals surface area contributed by atoms with E-state index in [2.05, 4.69) is 56.4 Å². The monoisotopic (exact) mass is 537 g/mol. The first-order chi connectivity index (χ1) is 18.5. The molecule has 0 unspecified atom stereocenters. The number of benzene rings is 1. The molecule has 1 N–H and O–H groups in total. The maximum atomic E-state index is 14.4. The van der Waals surface area contributed by atoms with E-state index in [4.69, 9.17) is 5.10 Å². The molecule has 208 valence electrons. The standard InChI is InChI=1S/C32H38F3N3O/c1-4-5-6-7-8-28(39)37-31-20-30(31)16-15-23-17-25-22(19-36-38(25)24-11-9-21(2)10-12-24)18-29(23,3)26(30)13-14-27(31)32(33,34)35/h9-13,17,19,27H,4-8,14-16,18,20H2,1-3H3,(H,37,39)/t27-,29+,30-,31-/m1/s1. The molecule has 4 nitrogen and oxygen atoms in total. The molecule has 2 fully saturated rings. The molecular weight excluding hydrogens is 499 g/mol. The summed E-state index contributed by atoms with van der Waals surface area (Å²) in [6.07, 6.45) is 8.10. The number of aryl methyl sites for hydroxylation is 1. The molecule has 4 aliphatic carbocycles. The van der Waals surface area contributed by atoms with Crippen LogP contribution in [0.5, 0.6) is 0 Å². The second kappa shape index (κ2) is 9.10. The predicted molar refractivity (Wildman–Crippen MR) is 146 cm³/mol. The molecule has 4 atom stereocenters. The van der Waals surface area contributed by atoms with Crippen LogP contribution in [0.15, 0.2) is 47.7 Å². The number of hydrogen-bond donors (Lipinski definition) is 1. The van der Waals surface area contributed by atoms with Crippen LogP contribution in [0, 0.1) is 23.7 Å². The predicted octanol–water partition coefficient (Wildman–Crippen LogP) is 7.64. The van der Waals surface area contributed by atoms with Gasteiger partial charge in [-0.25, -0.2) is 4.68 Å². The van der Waals surface area contributed by atoms with E-state index in [1.54, 1.807) is 0 Å². The van der Waals surface area contributed by atoms with Gasteiger partial charge in [0.15, 0.2) is 0 Å². The van der Waals surface area contributed by atoms with Gasteiger partial charge in [0.1, 0.15) is 0 Å². The van der Waals surface area contributed by atoms with Gasteiger partial charge >= 0.3 is 6.18 Å². The molecule has 1 aromatic carbocycles. The number of alkyl halides is 3. The molecule has 1 amide bonds. The third kappa shape index (κ3) is 4.02. The summed E-state index contributed by atoms with van der Waals surface area (Å²) in [5.41, 5.74) is 4.52. The minimum Gasteiger partial charge on any atom is -0.349 e. The maximum Gasteiger partial charge on any atom is 0.394 e. The fraction of sp³-hybridized carbons (Fsp3) is 0.562. The van der Waals surface area contributed by atoms with E-state index in [-0.39, 0.29) is 17.7 Å². The molecule has 0 bridgehead atoms. The van der Waals surface area contributed by atoms with Crippen LogP contribution in [0.2, 0.25) is 0 Å². The molecule has 39 heavy (non-hydrogen) atoms. The lowest BCUT2D eigenvalue weighted by atomic mass is 9.55. The van der Waals surface area contributed by atoms with Crippen LogP contribution in [0.25, 0.3) is 11.8 Å². The van der Waals surface area contributed by atoms with Crippen molar-refractivity contribution in [2.45, 2.75) is 96.7 Å². The van der Waals surface area contributed by atoms with Crippen LogP contribution in [0.1, 0.15) is 88.5 Å². The van der Waals surface area contributed by atoms with Crippen LogP contribution in [-0.4, -0.2) is 27.4 Å². The molecule has 2 aromatic rings. The van der Waals surface area contributed by atoms with Gasteiger partial charge in [0.2, 0.25) is 5.91 Å². The largest absolute Gasteiger partial charge is 0.394 e. The van der Waals surface area contributed by atoms with Crippen molar-refractivity contribution < 1.29 is 18.0 Å². The van der Waals surface area contributed by atoms with E-state index in [0.29, 0.717) is 25.7 Å². The Morgan fingerprint density at radius 2 is 1.95 bits per heavy atom. The van der Waals surface area contributed by atoms with Crippen LogP contribution >= 0.6 is 0 Å². The first kappa shape index (κ1) is 26.4. The highest BCUT2D eigenvalue weighted by Gasteiger charge is 2.80. The lowest BCUT2D eigenvalue weighted by Crippen LogP contribution is -2.56. The fourth-order valence-corrected chi connectivity index (χ4v) is 8.10. The summed E-state index contributed by atoms with van der Waals surface area (Å²) >= 11 is 0. The van der Waals surface area contributed by atoms with E-state index in [1.807, 2.05) is 17.0 Å². The number of hydrogen-bond acceptors (Lipinski definition) is 2. The Morgan fingerprint density at radius 1 is 1.18 bits per heavy atom. The molecule has 6 rings (SSSR count). The minimum atomic E-state index is -4.35. The van der Waals surface area contributed by atoms with Gasteiger partial charge < -0.3 is 5.32 Å². The maximum absolute atomic E-state index is 14.4. The number of rotatable bonds is 7. The second-order valence-corrected chi connectivity index (χ2v) is 12.5. The van der Waals surface area contributed by atoms with Gasteiger partial charge in [-0.1, -0.05) is 68.0 Å². The highest BCUT2D eigenvalue weighted by molar-refractivity contribution is 5.79. The number of aromatic nitrogens is 2. The molecule has 1 spiro atoms. The Kier molecular flexibility index (Phi) is 6.16. The molecule has 0 saturated heterocycles. The number of carbonyl (C=O) groups is 1. The Morgan fingerprint density at radius 3 is 2.67 bits per heavy atom. The summed E-state index contributed by atoms with van der Waals surface area (Å²) in [7, 11) is 0. The summed E-state index contributed by atoms with van der Waals surface area (Å²) < 4.78 is 45.3. The number of nitrogens with one attached hydrogen (secondary N) is 1. The van der Waals surface area contributed by atoms with E-state index in [9.17, 15) is 18.0 Å². The van der Waals surface area contributed by atoms with Gasteiger partial charge in [0, 0.05) is 17.3 Å². The number of unbranched alkanes of at least 4 members (excludes halogenated alkanes) is 3. The van der Waals surface area contributed by atoms with Gasteiger partial charge in [-0.3, -0.25) is 4.79 Å². The average molecular weight is 538 g/mol. The van der Waals surface area contributed by atoms with E-state index in [1.165, 1.54) is 11.1 Å². The van der Waals surface area contributed by atoms with Crippen LogP contribution in [0.4, 0.5) is 13.2 Å². The van der Waals surface area contributed by atoms with Crippen molar-refractivity contribution in [1.82, 2.24) is 15.1 Å². The van der Waals surface area contributed by atoms with E-state index < -0.39 is 23.0 Å². The van der Waals surface area contributed by atoms with Crippen molar-refractivity contribution in [3.8, 4) is 5.69 Å². The molecule has 7 heteroatoms. The molecule has 0 radical (unpaired) electrons. The molecule has 1 aromatic heterocycles. The Bertz CT molecular complexity index is 1350. The summed E-state index contributed by atoms with van der Waals surface area (Å²) in [5.74, 6) is -1.76. The Labute approximate surface area is 228 Å². The van der Waals surface area contributed by atoms with E-state index >= 15 is 0 Å². The lowest BCUT2D eigenvalue weighted by Gasteiger charge is -2.51. The third-order valence-corrected chi connectivity index (χ3v) is 10.1. The van der Waals surface area contributed by atoms with Crippen LogP contribution in [0.3, 0.4) is 0 Å². The first-order valence-electron chi connectivity index (χ1n) is 14.5. The van der Waals surface area contributed by atoms with Crippen molar-refractivity contribution >= 4 is 12.0 Å². The normalized spacial score (nSPS) is 30.8. The zero-order valence-electron chi connectivity index (χ0n) is 23.1. The highest BCUT2D eigenvalue weighted by atomic mass is 19.4. The topological polar surface area (TPSA) is 46.9 Å². The van der Waals surface area contributed by atoms with Crippen molar-refractivity contribution in [2.24, 2.45) is 16.7 Å². The van der Waals surface area contributed by atoms with E-state index in [0.717, 1.165) is 54.6 Å². The van der Waals surface area contributed by atoms with Crippen molar-refractivity contribution in [2.75, 3.05) is 0 Å². The minimum absolute atomic E-state index is 0.0744. The molecule has 4 aliphatic rings. The van der Waals surface area contributed by atoms with Gasteiger partial charge in [-0.15, -0.1) is 0 Å². The third-order valence-electron chi connectivity index (χ3n) is 10.1. The average Bonchev–Trinajstić information content (AvgIpc) is 3.36. The van der Waals surface area contributed by atoms with Crippen molar-refractivity contribution in [3.05, 3.63) is 64.5 Å². The van der Waals surface area contributed by atoms with Crippen LogP contribution in [-0.2, 0) is 11.2 Å². The number of allylic oxidation sites excluding steroid dienone is 2. The van der Waals surface area contributed by atoms with Crippen molar-refractivity contribution in [1.29, 1.82) is 0 Å². The quantitative estimate of drug-likeness (QED) is 0.291.